The number of anilines is 1. The Morgan fingerprint density at radius 1 is 1.04 bits per heavy atom. The Hall–Kier alpha value is -2.40. The molecule has 4 nitrogen and oxygen atoms in total. The zero-order valence-corrected chi connectivity index (χ0v) is 13.2. The third-order valence-electron chi connectivity index (χ3n) is 4.14. The molecule has 0 amide bonds. The van der Waals surface area contributed by atoms with Crippen LogP contribution in [-0.2, 0) is 0 Å². The predicted octanol–water partition coefficient (Wildman–Crippen LogP) is 3.09. The lowest BCUT2D eigenvalue weighted by Crippen LogP contribution is -2.49. The highest BCUT2D eigenvalue weighted by Gasteiger charge is 2.17. The summed E-state index contributed by atoms with van der Waals surface area (Å²) in [4.78, 5) is 4.26. The van der Waals surface area contributed by atoms with Gasteiger partial charge in [-0.15, -0.1) is 0 Å². The summed E-state index contributed by atoms with van der Waals surface area (Å²) < 4.78 is 13.7. The summed E-state index contributed by atoms with van der Waals surface area (Å²) in [6.07, 6.45) is 0. The Kier molecular flexibility index (Phi) is 4.57. The first-order valence-electron chi connectivity index (χ1n) is 7.77. The first-order valence-corrected chi connectivity index (χ1v) is 7.77. The molecule has 0 aromatic heterocycles. The van der Waals surface area contributed by atoms with Crippen LogP contribution < -0.4 is 5.32 Å². The van der Waals surface area contributed by atoms with Crippen LogP contribution in [0.15, 0.2) is 48.5 Å². The minimum atomic E-state index is -0.277. The first kappa shape index (κ1) is 15.5. The van der Waals surface area contributed by atoms with Crippen LogP contribution >= 0.6 is 0 Å². The molecule has 2 aromatic carbocycles. The molecule has 0 spiro atoms. The van der Waals surface area contributed by atoms with Gasteiger partial charge in [0.05, 0.1) is 0 Å². The van der Waals surface area contributed by atoms with Gasteiger partial charge in [0.1, 0.15) is 5.82 Å². The average Bonchev–Trinajstić information content (AvgIpc) is 2.58. The molecule has 23 heavy (non-hydrogen) atoms. The lowest BCUT2D eigenvalue weighted by atomic mass is 10.0. The normalized spacial score (nSPS) is 15.5. The van der Waals surface area contributed by atoms with Crippen LogP contribution in [0.3, 0.4) is 0 Å². The van der Waals surface area contributed by atoms with E-state index < -0.39 is 0 Å². The van der Waals surface area contributed by atoms with Gasteiger partial charge in [0.15, 0.2) is 5.96 Å². The Balaban J connectivity index is 1.81. The van der Waals surface area contributed by atoms with Gasteiger partial charge in [0, 0.05) is 37.4 Å². The van der Waals surface area contributed by atoms with Gasteiger partial charge in [0.25, 0.3) is 0 Å². The van der Waals surface area contributed by atoms with Gasteiger partial charge in [-0.3, -0.25) is 5.41 Å². The van der Waals surface area contributed by atoms with E-state index in [1.807, 2.05) is 35.2 Å². The van der Waals surface area contributed by atoms with E-state index in [0.717, 1.165) is 43.0 Å². The summed E-state index contributed by atoms with van der Waals surface area (Å²) in [5, 5.41) is 11.4. The van der Waals surface area contributed by atoms with Crippen LogP contribution in [0.5, 0.6) is 0 Å². The van der Waals surface area contributed by atoms with Crippen LogP contribution in [0.2, 0.25) is 0 Å². The fraction of sp³-hybridized carbons (Fsp3) is 0.278. The van der Waals surface area contributed by atoms with E-state index in [1.54, 1.807) is 6.07 Å². The van der Waals surface area contributed by atoms with Crippen molar-refractivity contribution in [2.45, 2.75) is 0 Å². The van der Waals surface area contributed by atoms with Gasteiger partial charge in [-0.1, -0.05) is 30.3 Å². The smallest absolute Gasteiger partial charge is 0.195 e. The summed E-state index contributed by atoms with van der Waals surface area (Å²) >= 11 is 0. The molecule has 0 radical (unpaired) electrons. The second-order valence-electron chi connectivity index (χ2n) is 5.82. The third kappa shape index (κ3) is 3.68. The van der Waals surface area contributed by atoms with Crippen LogP contribution in [-0.4, -0.2) is 49.0 Å². The van der Waals surface area contributed by atoms with Crippen molar-refractivity contribution in [3.8, 4) is 11.1 Å². The molecule has 2 aromatic rings. The highest BCUT2D eigenvalue weighted by molar-refractivity contribution is 5.95. The third-order valence-corrected chi connectivity index (χ3v) is 4.14. The maximum atomic E-state index is 13.7. The van der Waals surface area contributed by atoms with Crippen molar-refractivity contribution in [2.24, 2.45) is 0 Å². The Labute approximate surface area is 136 Å². The molecule has 1 aliphatic rings. The molecule has 5 heteroatoms. The van der Waals surface area contributed by atoms with Crippen molar-refractivity contribution in [1.29, 1.82) is 5.41 Å². The first-order chi connectivity index (χ1) is 11.1. The second-order valence-corrected chi connectivity index (χ2v) is 5.82. The minimum absolute atomic E-state index is 0.277. The summed E-state index contributed by atoms with van der Waals surface area (Å²) in [6, 6.07) is 14.3. The van der Waals surface area contributed by atoms with Crippen molar-refractivity contribution in [3.63, 3.8) is 0 Å². The molecule has 1 saturated heterocycles. The molecule has 2 N–H and O–H groups in total. The maximum Gasteiger partial charge on any atom is 0.195 e. The summed E-state index contributed by atoms with van der Waals surface area (Å²) in [5.74, 6) is 0.0856. The zero-order valence-electron chi connectivity index (χ0n) is 13.2. The van der Waals surface area contributed by atoms with E-state index in [4.69, 9.17) is 5.41 Å². The van der Waals surface area contributed by atoms with Crippen LogP contribution in [0.1, 0.15) is 0 Å². The number of piperazine rings is 1. The monoisotopic (exact) mass is 312 g/mol. The van der Waals surface area contributed by atoms with Crippen LogP contribution in [0, 0.1) is 11.2 Å². The topological polar surface area (TPSA) is 42.4 Å². The molecule has 3 rings (SSSR count). The number of nitrogens with zero attached hydrogens (tertiary/aromatic N) is 2. The van der Waals surface area contributed by atoms with Crippen LogP contribution in [0.4, 0.5) is 10.1 Å². The van der Waals surface area contributed by atoms with E-state index in [9.17, 15) is 4.39 Å². The highest BCUT2D eigenvalue weighted by atomic mass is 19.1. The Morgan fingerprint density at radius 2 is 1.74 bits per heavy atom. The molecule has 1 aliphatic heterocycles. The zero-order chi connectivity index (χ0) is 16.2. The molecule has 1 fully saturated rings. The van der Waals surface area contributed by atoms with E-state index >= 15 is 0 Å². The molecule has 1 heterocycles. The van der Waals surface area contributed by atoms with Crippen molar-refractivity contribution in [3.05, 3.63) is 54.3 Å². The van der Waals surface area contributed by atoms with Gasteiger partial charge >= 0.3 is 0 Å². The second kappa shape index (κ2) is 6.79. The number of guanidine groups is 1. The fourth-order valence-electron chi connectivity index (χ4n) is 2.72. The summed E-state index contributed by atoms with van der Waals surface area (Å²) in [5.41, 5.74) is 2.45. The van der Waals surface area contributed by atoms with Gasteiger partial charge in [-0.2, -0.15) is 0 Å². The number of benzene rings is 2. The molecular weight excluding hydrogens is 291 g/mol. The molecular formula is C18H21FN4. The van der Waals surface area contributed by atoms with E-state index in [2.05, 4.69) is 17.3 Å². The van der Waals surface area contributed by atoms with Crippen molar-refractivity contribution in [1.82, 2.24) is 9.80 Å². The SMILES string of the molecule is CN1CCN(C(=N)Nc2ccc(F)cc2-c2ccccc2)CC1. The quantitative estimate of drug-likeness (QED) is 0.661. The molecule has 120 valence electrons. The van der Waals surface area contributed by atoms with E-state index in [1.165, 1.54) is 12.1 Å². The average molecular weight is 312 g/mol. The van der Waals surface area contributed by atoms with Crippen molar-refractivity contribution in [2.75, 3.05) is 38.5 Å². The van der Waals surface area contributed by atoms with Crippen molar-refractivity contribution < 1.29 is 4.39 Å². The molecule has 0 unspecified atom stereocenters. The standard InChI is InChI=1S/C18H21FN4/c1-22-9-11-23(12-10-22)18(20)21-17-8-7-15(19)13-16(17)14-5-3-2-4-6-14/h2-8,13H,9-12H2,1H3,(H2,20,21). The molecule has 0 atom stereocenters. The lowest BCUT2D eigenvalue weighted by molar-refractivity contribution is 0.214. The molecule has 0 aliphatic carbocycles. The number of likely N-dealkylation sites (N-methyl/N-ethyl adjacent to an activating group) is 1. The largest absolute Gasteiger partial charge is 0.340 e. The fourth-order valence-corrected chi connectivity index (χ4v) is 2.72. The highest BCUT2D eigenvalue weighted by Crippen LogP contribution is 2.29. The number of halogens is 1. The lowest BCUT2D eigenvalue weighted by Gasteiger charge is -2.34. The number of rotatable bonds is 2. The van der Waals surface area contributed by atoms with Crippen molar-refractivity contribution >= 4 is 11.6 Å². The summed E-state index contributed by atoms with van der Waals surface area (Å²) in [7, 11) is 2.09. The Morgan fingerprint density at radius 3 is 2.43 bits per heavy atom. The number of hydrogen-bond donors (Lipinski definition) is 2. The summed E-state index contributed by atoms with van der Waals surface area (Å²) in [6.45, 7) is 3.53. The van der Waals surface area contributed by atoms with Gasteiger partial charge in [-0.05, 0) is 30.8 Å². The van der Waals surface area contributed by atoms with Gasteiger partial charge in [-0.25, -0.2) is 4.39 Å². The van der Waals surface area contributed by atoms with Gasteiger partial charge in [0.2, 0.25) is 0 Å². The van der Waals surface area contributed by atoms with Crippen LogP contribution in [0.25, 0.3) is 11.1 Å². The Bertz CT molecular complexity index is 679. The minimum Gasteiger partial charge on any atom is -0.340 e. The maximum absolute atomic E-state index is 13.7. The molecule has 0 bridgehead atoms. The number of nitrogens with one attached hydrogen (secondary N) is 2. The molecule has 0 saturated carbocycles. The van der Waals surface area contributed by atoms with Gasteiger partial charge < -0.3 is 15.1 Å². The predicted molar refractivity (Wildman–Crippen MR) is 92.3 cm³/mol. The number of hydrogen-bond acceptors (Lipinski definition) is 2. The van der Waals surface area contributed by atoms with E-state index in [-0.39, 0.29) is 5.82 Å². The van der Waals surface area contributed by atoms with E-state index in [0.29, 0.717) is 5.96 Å².